The third kappa shape index (κ3) is 3.17. The monoisotopic (exact) mass is 275 g/mol. The van der Waals surface area contributed by atoms with E-state index in [1.807, 2.05) is 12.1 Å². The van der Waals surface area contributed by atoms with E-state index in [9.17, 15) is 9.59 Å². The number of hydrogen-bond donors (Lipinski definition) is 1. The van der Waals surface area contributed by atoms with Crippen LogP contribution in [0.3, 0.4) is 0 Å². The van der Waals surface area contributed by atoms with Gasteiger partial charge in [-0.05, 0) is 17.7 Å². The van der Waals surface area contributed by atoms with Gasteiger partial charge in [-0.2, -0.15) is 0 Å². The molecular weight excluding hydrogens is 262 g/mol. The first-order valence-electron chi connectivity index (χ1n) is 5.78. The Morgan fingerprint density at radius 2 is 2.00 bits per heavy atom. The maximum atomic E-state index is 11.7. The van der Waals surface area contributed by atoms with Gasteiger partial charge in [0.2, 0.25) is 11.2 Å². The lowest BCUT2D eigenvalue weighted by atomic mass is 10.2. The summed E-state index contributed by atoms with van der Waals surface area (Å²) in [7, 11) is 1.58. The molecule has 0 bridgehead atoms. The van der Waals surface area contributed by atoms with Crippen molar-refractivity contribution in [3.8, 4) is 11.5 Å². The van der Waals surface area contributed by atoms with Crippen LogP contribution in [-0.2, 0) is 6.61 Å². The lowest BCUT2D eigenvalue weighted by Crippen LogP contribution is -2.15. The third-order valence-electron chi connectivity index (χ3n) is 2.59. The molecule has 2 N–H and O–H groups in total. The normalized spacial score (nSPS) is 10.1. The van der Waals surface area contributed by atoms with E-state index in [0.717, 1.165) is 23.6 Å². The van der Waals surface area contributed by atoms with E-state index >= 15 is 0 Å². The molecule has 104 valence electrons. The maximum absolute atomic E-state index is 11.7. The summed E-state index contributed by atoms with van der Waals surface area (Å²) in [6.07, 6.45) is 1.08. The number of carbonyl (C=O) groups excluding carboxylic acids is 1. The first-order chi connectivity index (χ1) is 9.60. The Bertz CT molecular complexity index is 660. The summed E-state index contributed by atoms with van der Waals surface area (Å²) < 4.78 is 15.3. The summed E-state index contributed by atoms with van der Waals surface area (Å²) in [5.41, 5.74) is 5.41. The van der Waals surface area contributed by atoms with Gasteiger partial charge in [-0.1, -0.05) is 12.1 Å². The SMILES string of the molecule is COc1ccc(COc2coc(C(N)=O)cc2=O)cc1. The first kappa shape index (κ1) is 13.7. The van der Waals surface area contributed by atoms with Crippen LogP contribution in [0.2, 0.25) is 0 Å². The van der Waals surface area contributed by atoms with Crippen LogP contribution in [0.25, 0.3) is 0 Å². The van der Waals surface area contributed by atoms with Crippen LogP contribution >= 0.6 is 0 Å². The number of amides is 1. The molecule has 0 saturated carbocycles. The van der Waals surface area contributed by atoms with Crippen molar-refractivity contribution in [2.75, 3.05) is 7.11 Å². The van der Waals surface area contributed by atoms with Gasteiger partial charge in [-0.15, -0.1) is 0 Å². The number of carbonyl (C=O) groups is 1. The van der Waals surface area contributed by atoms with Crippen molar-refractivity contribution < 1.29 is 18.7 Å². The fourth-order valence-corrected chi connectivity index (χ4v) is 1.52. The molecule has 0 saturated heterocycles. The lowest BCUT2D eigenvalue weighted by Gasteiger charge is -2.06. The minimum Gasteiger partial charge on any atom is -0.497 e. The van der Waals surface area contributed by atoms with Gasteiger partial charge < -0.3 is 19.6 Å². The highest BCUT2D eigenvalue weighted by atomic mass is 16.5. The molecule has 0 unspecified atom stereocenters. The zero-order chi connectivity index (χ0) is 14.5. The molecule has 0 aliphatic heterocycles. The van der Waals surface area contributed by atoms with Crippen LogP contribution < -0.4 is 20.6 Å². The molecule has 20 heavy (non-hydrogen) atoms. The molecular formula is C14H13NO5. The second kappa shape index (κ2) is 5.92. The van der Waals surface area contributed by atoms with Crippen molar-refractivity contribution in [1.82, 2.24) is 0 Å². The second-order valence-electron chi connectivity index (χ2n) is 3.97. The van der Waals surface area contributed by atoms with Gasteiger partial charge in [0.05, 0.1) is 7.11 Å². The van der Waals surface area contributed by atoms with Crippen LogP contribution in [0, 0.1) is 0 Å². The highest BCUT2D eigenvalue weighted by molar-refractivity contribution is 5.89. The summed E-state index contributed by atoms with van der Waals surface area (Å²) >= 11 is 0. The summed E-state index contributed by atoms with van der Waals surface area (Å²) in [6.45, 7) is 0.199. The third-order valence-corrected chi connectivity index (χ3v) is 2.59. The molecule has 1 amide bonds. The Hall–Kier alpha value is -2.76. The number of nitrogens with two attached hydrogens (primary N) is 1. The molecule has 2 aromatic rings. The summed E-state index contributed by atoms with van der Waals surface area (Å²) in [6, 6.07) is 8.22. The summed E-state index contributed by atoms with van der Waals surface area (Å²) in [5.74, 6) is -0.250. The predicted octanol–water partition coefficient (Wildman–Crippen LogP) is 1.33. The quantitative estimate of drug-likeness (QED) is 0.888. The van der Waals surface area contributed by atoms with E-state index in [2.05, 4.69) is 0 Å². The Labute approximate surface area is 114 Å². The lowest BCUT2D eigenvalue weighted by molar-refractivity contribution is 0.0970. The Balaban J connectivity index is 2.06. The average Bonchev–Trinajstić information content (AvgIpc) is 2.46. The van der Waals surface area contributed by atoms with Crippen LogP contribution in [-0.4, -0.2) is 13.0 Å². The average molecular weight is 275 g/mol. The number of ether oxygens (including phenoxy) is 2. The van der Waals surface area contributed by atoms with Crippen LogP contribution in [0.15, 0.2) is 45.8 Å². The fourth-order valence-electron chi connectivity index (χ4n) is 1.52. The van der Waals surface area contributed by atoms with E-state index in [-0.39, 0.29) is 18.1 Å². The van der Waals surface area contributed by atoms with E-state index in [0.29, 0.717) is 0 Å². The maximum Gasteiger partial charge on any atom is 0.284 e. The van der Waals surface area contributed by atoms with Crippen molar-refractivity contribution in [3.63, 3.8) is 0 Å². The Morgan fingerprint density at radius 3 is 2.55 bits per heavy atom. The highest BCUT2D eigenvalue weighted by Crippen LogP contribution is 2.13. The smallest absolute Gasteiger partial charge is 0.284 e. The largest absolute Gasteiger partial charge is 0.497 e. The van der Waals surface area contributed by atoms with Gasteiger partial charge in [0.15, 0.2) is 5.76 Å². The fraction of sp³-hybridized carbons (Fsp3) is 0.143. The molecule has 6 heteroatoms. The molecule has 0 radical (unpaired) electrons. The molecule has 0 spiro atoms. The molecule has 0 aliphatic carbocycles. The van der Waals surface area contributed by atoms with Crippen molar-refractivity contribution in [3.05, 3.63) is 58.1 Å². The molecule has 1 aromatic carbocycles. The zero-order valence-corrected chi connectivity index (χ0v) is 10.8. The minimum atomic E-state index is -0.802. The predicted molar refractivity (Wildman–Crippen MR) is 70.8 cm³/mol. The summed E-state index contributed by atoms with van der Waals surface area (Å²) in [4.78, 5) is 22.5. The van der Waals surface area contributed by atoms with E-state index in [4.69, 9.17) is 19.6 Å². The standard InChI is InChI=1S/C14H13NO5/c1-18-10-4-2-9(3-5-10)7-19-13-8-20-12(14(15)17)6-11(13)16/h2-6,8H,7H2,1H3,(H2,15,17). The molecule has 1 aromatic heterocycles. The summed E-state index contributed by atoms with van der Waals surface area (Å²) in [5, 5.41) is 0. The first-order valence-corrected chi connectivity index (χ1v) is 5.78. The van der Waals surface area contributed by atoms with Crippen molar-refractivity contribution in [1.29, 1.82) is 0 Å². The van der Waals surface area contributed by atoms with Gasteiger partial charge in [-0.3, -0.25) is 9.59 Å². The van der Waals surface area contributed by atoms with Gasteiger partial charge in [0.25, 0.3) is 5.91 Å². The van der Waals surface area contributed by atoms with Gasteiger partial charge in [0.1, 0.15) is 18.6 Å². The van der Waals surface area contributed by atoms with Gasteiger partial charge in [0, 0.05) is 6.07 Å². The van der Waals surface area contributed by atoms with Gasteiger partial charge >= 0.3 is 0 Å². The van der Waals surface area contributed by atoms with E-state index in [1.54, 1.807) is 19.2 Å². The van der Waals surface area contributed by atoms with Gasteiger partial charge in [-0.25, -0.2) is 0 Å². The number of benzene rings is 1. The number of methoxy groups -OCH3 is 1. The topological polar surface area (TPSA) is 91.8 Å². The molecule has 0 aliphatic rings. The number of primary amides is 1. The number of hydrogen-bond acceptors (Lipinski definition) is 5. The minimum absolute atomic E-state index is 0.0193. The molecule has 0 fully saturated rings. The number of rotatable bonds is 5. The highest BCUT2D eigenvalue weighted by Gasteiger charge is 2.08. The molecule has 0 atom stereocenters. The second-order valence-corrected chi connectivity index (χ2v) is 3.97. The molecule has 2 rings (SSSR count). The van der Waals surface area contributed by atoms with Crippen LogP contribution in [0.4, 0.5) is 0 Å². The van der Waals surface area contributed by atoms with Crippen LogP contribution in [0.1, 0.15) is 16.1 Å². The Kier molecular flexibility index (Phi) is 4.05. The van der Waals surface area contributed by atoms with Crippen LogP contribution in [0.5, 0.6) is 11.5 Å². The molecule has 6 nitrogen and oxygen atoms in total. The Morgan fingerprint density at radius 1 is 1.30 bits per heavy atom. The molecule has 1 heterocycles. The van der Waals surface area contributed by atoms with E-state index in [1.165, 1.54) is 0 Å². The van der Waals surface area contributed by atoms with Crippen molar-refractivity contribution in [2.45, 2.75) is 6.61 Å². The zero-order valence-electron chi connectivity index (χ0n) is 10.8. The van der Waals surface area contributed by atoms with Crippen molar-refractivity contribution in [2.24, 2.45) is 5.73 Å². The van der Waals surface area contributed by atoms with E-state index < -0.39 is 11.3 Å². The van der Waals surface area contributed by atoms with Crippen molar-refractivity contribution >= 4 is 5.91 Å².